The van der Waals surface area contributed by atoms with Gasteiger partial charge in [-0.3, -0.25) is 14.4 Å². The lowest BCUT2D eigenvalue weighted by Gasteiger charge is -2.18. The normalized spacial score (nSPS) is 12.0. The van der Waals surface area contributed by atoms with Gasteiger partial charge in [0.2, 0.25) is 0 Å². The largest absolute Gasteiger partial charge is 0.462 e. The van der Waals surface area contributed by atoms with E-state index in [0.717, 1.165) is 63.7 Å². The highest BCUT2D eigenvalue weighted by atomic mass is 16.6. The molecule has 0 saturated carbocycles. The van der Waals surface area contributed by atoms with E-state index >= 15 is 0 Å². The maximum absolute atomic E-state index is 12.8. The molecule has 0 heterocycles. The fourth-order valence-corrected chi connectivity index (χ4v) is 8.57. The summed E-state index contributed by atoms with van der Waals surface area (Å²) >= 11 is 0. The predicted octanol–water partition coefficient (Wildman–Crippen LogP) is 18.2. The van der Waals surface area contributed by atoms with Gasteiger partial charge in [-0.25, -0.2) is 0 Å². The van der Waals surface area contributed by atoms with Gasteiger partial charge in [0.25, 0.3) is 0 Å². The second-order valence-electron chi connectivity index (χ2n) is 19.7. The van der Waals surface area contributed by atoms with Crippen molar-refractivity contribution in [1.29, 1.82) is 0 Å². The summed E-state index contributed by atoms with van der Waals surface area (Å²) in [6.07, 6.45) is 53.8. The number of unbranched alkanes of at least 4 members (excludes halogenated alkanes) is 38. The summed E-state index contributed by atoms with van der Waals surface area (Å²) in [4.78, 5) is 38.0. The lowest BCUT2D eigenvalue weighted by Crippen LogP contribution is -2.30. The molecule has 0 unspecified atom stereocenters. The number of hydrogen-bond acceptors (Lipinski definition) is 6. The van der Waals surface area contributed by atoms with Crippen molar-refractivity contribution >= 4 is 17.9 Å². The Labute approximate surface area is 387 Å². The zero-order valence-electron chi connectivity index (χ0n) is 42.3. The van der Waals surface area contributed by atoms with Crippen molar-refractivity contribution in [3.63, 3.8) is 0 Å². The zero-order valence-corrected chi connectivity index (χ0v) is 42.3. The molecule has 6 nitrogen and oxygen atoms in total. The first kappa shape index (κ1) is 60.4. The van der Waals surface area contributed by atoms with Crippen molar-refractivity contribution in [2.24, 2.45) is 5.92 Å². The van der Waals surface area contributed by atoms with Gasteiger partial charge in [0.1, 0.15) is 13.2 Å². The van der Waals surface area contributed by atoms with E-state index in [1.807, 2.05) is 0 Å². The lowest BCUT2D eigenvalue weighted by molar-refractivity contribution is -0.167. The Morgan fingerprint density at radius 1 is 0.306 bits per heavy atom. The molecule has 0 aromatic heterocycles. The molecule has 0 N–H and O–H groups in total. The van der Waals surface area contributed by atoms with Gasteiger partial charge in [0, 0.05) is 19.3 Å². The Morgan fingerprint density at radius 2 is 0.532 bits per heavy atom. The molecule has 0 radical (unpaired) electrons. The maximum atomic E-state index is 12.8. The van der Waals surface area contributed by atoms with Gasteiger partial charge in [-0.2, -0.15) is 0 Å². The Hall–Kier alpha value is -1.59. The lowest BCUT2D eigenvalue weighted by atomic mass is 10.0. The van der Waals surface area contributed by atoms with E-state index in [-0.39, 0.29) is 31.1 Å². The molecule has 0 amide bonds. The fraction of sp³-hybridized carbons (Fsp3) is 0.946. The Morgan fingerprint density at radius 3 is 0.790 bits per heavy atom. The third-order valence-electron chi connectivity index (χ3n) is 12.8. The molecule has 368 valence electrons. The van der Waals surface area contributed by atoms with Crippen LogP contribution in [-0.4, -0.2) is 37.2 Å². The molecule has 0 aliphatic rings. The first-order valence-electron chi connectivity index (χ1n) is 27.9. The molecular weight excluding hydrogens is 769 g/mol. The highest BCUT2D eigenvalue weighted by Gasteiger charge is 2.19. The van der Waals surface area contributed by atoms with E-state index in [1.54, 1.807) is 0 Å². The Bertz CT molecular complexity index is 933. The van der Waals surface area contributed by atoms with Crippen LogP contribution in [0.1, 0.15) is 317 Å². The second kappa shape index (κ2) is 50.4. The van der Waals surface area contributed by atoms with E-state index in [1.165, 1.54) is 212 Å². The molecule has 0 fully saturated rings. The van der Waals surface area contributed by atoms with E-state index in [4.69, 9.17) is 14.2 Å². The van der Waals surface area contributed by atoms with Gasteiger partial charge < -0.3 is 14.2 Å². The van der Waals surface area contributed by atoms with Crippen molar-refractivity contribution < 1.29 is 28.6 Å². The average molecular weight is 877 g/mol. The Balaban J connectivity index is 4.26. The van der Waals surface area contributed by atoms with Crippen molar-refractivity contribution in [2.75, 3.05) is 13.2 Å². The molecule has 0 bridgehead atoms. The SMILES string of the molecule is CCCCCCCCCCCCCCCCCCCCCC(=O)O[C@H](COC(=O)CCCCCCCCCCCCCCCC)COC(=O)CCCCCCCCCCC(C)C. The molecule has 0 saturated heterocycles. The van der Waals surface area contributed by atoms with Gasteiger partial charge in [0.15, 0.2) is 6.10 Å². The first-order valence-corrected chi connectivity index (χ1v) is 27.9. The summed E-state index contributed by atoms with van der Waals surface area (Å²) in [5.74, 6) is -0.0449. The smallest absolute Gasteiger partial charge is 0.306 e. The van der Waals surface area contributed by atoms with Gasteiger partial charge >= 0.3 is 17.9 Å². The minimum absolute atomic E-state index is 0.0627. The van der Waals surface area contributed by atoms with Crippen LogP contribution in [-0.2, 0) is 28.6 Å². The van der Waals surface area contributed by atoms with Crippen LogP contribution in [0.25, 0.3) is 0 Å². The fourth-order valence-electron chi connectivity index (χ4n) is 8.57. The molecule has 0 aromatic carbocycles. The monoisotopic (exact) mass is 877 g/mol. The second-order valence-corrected chi connectivity index (χ2v) is 19.7. The minimum Gasteiger partial charge on any atom is -0.462 e. The summed E-state index contributed by atoms with van der Waals surface area (Å²) < 4.78 is 16.8. The molecule has 0 rings (SSSR count). The number of hydrogen-bond donors (Lipinski definition) is 0. The van der Waals surface area contributed by atoms with Crippen LogP contribution >= 0.6 is 0 Å². The molecular formula is C56H108O6. The standard InChI is InChI=1S/C56H108O6/c1-5-7-9-11-13-15-17-19-21-22-23-24-25-27-29-31-37-41-45-49-56(59)62-53(51-61-55(58)48-44-40-36-33-32-34-38-42-46-52(3)4)50-60-54(57)47-43-39-35-30-28-26-20-18-16-14-12-10-8-6-2/h52-53H,5-51H2,1-4H3/t53-/m1/s1. The van der Waals surface area contributed by atoms with E-state index < -0.39 is 6.10 Å². The summed E-state index contributed by atoms with van der Waals surface area (Å²) in [7, 11) is 0. The van der Waals surface area contributed by atoms with Gasteiger partial charge in [-0.15, -0.1) is 0 Å². The van der Waals surface area contributed by atoms with Crippen molar-refractivity contribution in [1.82, 2.24) is 0 Å². The van der Waals surface area contributed by atoms with Crippen LogP contribution in [0.5, 0.6) is 0 Å². The van der Waals surface area contributed by atoms with Crippen LogP contribution in [0.3, 0.4) is 0 Å². The number of esters is 3. The van der Waals surface area contributed by atoms with Crippen molar-refractivity contribution in [3.8, 4) is 0 Å². The topological polar surface area (TPSA) is 78.9 Å². The Kier molecular flexibility index (Phi) is 49.1. The molecule has 62 heavy (non-hydrogen) atoms. The summed E-state index contributed by atoms with van der Waals surface area (Å²) in [6, 6.07) is 0. The third kappa shape index (κ3) is 49.4. The maximum Gasteiger partial charge on any atom is 0.306 e. The highest BCUT2D eigenvalue weighted by molar-refractivity contribution is 5.71. The summed E-state index contributed by atoms with van der Waals surface area (Å²) in [5, 5.41) is 0. The van der Waals surface area contributed by atoms with Crippen LogP contribution in [0.4, 0.5) is 0 Å². The van der Waals surface area contributed by atoms with Gasteiger partial charge in [-0.05, 0) is 25.2 Å². The van der Waals surface area contributed by atoms with Gasteiger partial charge in [-0.1, -0.05) is 278 Å². The van der Waals surface area contributed by atoms with Crippen molar-refractivity contribution in [2.45, 2.75) is 323 Å². The quantitative estimate of drug-likeness (QED) is 0.0344. The van der Waals surface area contributed by atoms with Crippen LogP contribution in [0.15, 0.2) is 0 Å². The number of rotatable bonds is 51. The number of carbonyl (C=O) groups is 3. The van der Waals surface area contributed by atoms with Crippen molar-refractivity contribution in [3.05, 3.63) is 0 Å². The van der Waals surface area contributed by atoms with Crippen LogP contribution in [0.2, 0.25) is 0 Å². The predicted molar refractivity (Wildman–Crippen MR) is 266 cm³/mol. The van der Waals surface area contributed by atoms with E-state index in [2.05, 4.69) is 27.7 Å². The summed E-state index contributed by atoms with van der Waals surface area (Å²) in [5.41, 5.74) is 0. The third-order valence-corrected chi connectivity index (χ3v) is 12.8. The molecule has 0 aliphatic carbocycles. The van der Waals surface area contributed by atoms with Crippen LogP contribution in [0, 0.1) is 5.92 Å². The average Bonchev–Trinajstić information content (AvgIpc) is 3.26. The molecule has 0 spiro atoms. The number of ether oxygens (including phenoxy) is 3. The molecule has 1 atom stereocenters. The minimum atomic E-state index is -0.761. The highest BCUT2D eigenvalue weighted by Crippen LogP contribution is 2.18. The first-order chi connectivity index (χ1) is 30.4. The molecule has 6 heteroatoms. The number of carbonyl (C=O) groups excluding carboxylic acids is 3. The van der Waals surface area contributed by atoms with Gasteiger partial charge in [0.05, 0.1) is 0 Å². The van der Waals surface area contributed by atoms with Crippen LogP contribution < -0.4 is 0 Å². The molecule has 0 aliphatic heterocycles. The van der Waals surface area contributed by atoms with E-state index in [0.29, 0.717) is 19.3 Å². The molecule has 0 aromatic rings. The summed E-state index contributed by atoms with van der Waals surface area (Å²) in [6.45, 7) is 9.01. The van der Waals surface area contributed by atoms with E-state index in [9.17, 15) is 14.4 Å². The zero-order chi connectivity index (χ0) is 45.2.